The first-order chi connectivity index (χ1) is 5.66. The lowest BCUT2D eigenvalue weighted by atomic mass is 10.1. The molecular weight excluding hydrogens is 174 g/mol. The maximum Gasteiger partial charge on any atom is 0.348 e. The average molecular weight is 185 g/mol. The number of hydrogen-bond donors (Lipinski definition) is 1. The first-order valence-electron chi connectivity index (χ1n) is 3.58. The first-order valence-corrected chi connectivity index (χ1v) is 4.46. The largest absolute Gasteiger partial charge is 0.465 e. The van der Waals surface area contributed by atoms with E-state index in [-0.39, 0.29) is 12.0 Å². The molecule has 0 radical (unpaired) electrons. The van der Waals surface area contributed by atoms with Crippen molar-refractivity contribution in [2.24, 2.45) is 5.73 Å². The number of esters is 1. The summed E-state index contributed by atoms with van der Waals surface area (Å²) in [5.41, 5.74) is 6.50. The van der Waals surface area contributed by atoms with Crippen molar-refractivity contribution in [3.63, 3.8) is 0 Å². The number of ether oxygens (including phenoxy) is 1. The molecule has 0 aliphatic carbocycles. The van der Waals surface area contributed by atoms with Crippen molar-refractivity contribution < 1.29 is 9.53 Å². The third kappa shape index (κ3) is 1.65. The van der Waals surface area contributed by atoms with E-state index in [1.807, 2.05) is 18.4 Å². The molecule has 0 aromatic carbocycles. The Labute approximate surface area is 75.1 Å². The summed E-state index contributed by atoms with van der Waals surface area (Å²) in [6.07, 6.45) is 0. The molecule has 1 rings (SSSR count). The van der Waals surface area contributed by atoms with Gasteiger partial charge >= 0.3 is 5.97 Å². The summed E-state index contributed by atoms with van der Waals surface area (Å²) in [7, 11) is 1.37. The van der Waals surface area contributed by atoms with Gasteiger partial charge in [0.05, 0.1) is 7.11 Å². The highest BCUT2D eigenvalue weighted by atomic mass is 32.1. The summed E-state index contributed by atoms with van der Waals surface area (Å²) < 4.78 is 4.60. The number of methoxy groups -OCH3 is 1. The molecule has 0 amide bonds. The highest BCUT2D eigenvalue weighted by Gasteiger charge is 2.15. The Morgan fingerprint density at radius 3 is 2.92 bits per heavy atom. The van der Waals surface area contributed by atoms with Crippen molar-refractivity contribution >= 4 is 17.3 Å². The normalized spacial score (nSPS) is 12.6. The van der Waals surface area contributed by atoms with Crippen LogP contribution in [0.5, 0.6) is 0 Å². The lowest BCUT2D eigenvalue weighted by molar-refractivity contribution is 0.0604. The Morgan fingerprint density at radius 2 is 2.42 bits per heavy atom. The Balaban J connectivity index is 2.99. The Bertz CT molecular complexity index is 280. The number of carbonyl (C=O) groups is 1. The van der Waals surface area contributed by atoms with Crippen molar-refractivity contribution in [1.82, 2.24) is 0 Å². The lowest BCUT2D eigenvalue weighted by Crippen LogP contribution is -2.09. The summed E-state index contributed by atoms with van der Waals surface area (Å²) >= 11 is 1.36. The summed E-state index contributed by atoms with van der Waals surface area (Å²) in [4.78, 5) is 11.7. The number of nitrogens with two attached hydrogens (primary N) is 1. The molecule has 2 N–H and O–H groups in total. The van der Waals surface area contributed by atoms with Gasteiger partial charge in [-0.25, -0.2) is 4.79 Å². The molecule has 0 spiro atoms. The van der Waals surface area contributed by atoms with Crippen LogP contribution in [-0.2, 0) is 4.74 Å². The molecule has 1 atom stereocenters. The zero-order valence-electron chi connectivity index (χ0n) is 7.03. The quantitative estimate of drug-likeness (QED) is 0.711. The third-order valence-corrected chi connectivity index (χ3v) is 2.47. The molecule has 1 aromatic rings. The predicted octanol–water partition coefficient (Wildman–Crippen LogP) is 1.55. The number of thiophene rings is 1. The molecular formula is C8H11NO2S. The van der Waals surface area contributed by atoms with Crippen LogP contribution in [0.25, 0.3) is 0 Å². The van der Waals surface area contributed by atoms with Gasteiger partial charge in [-0.1, -0.05) is 0 Å². The lowest BCUT2D eigenvalue weighted by Gasteiger charge is -2.04. The predicted molar refractivity (Wildman–Crippen MR) is 48.3 cm³/mol. The SMILES string of the molecule is COC(=O)c1sccc1C(C)N. The minimum atomic E-state index is -0.308. The van der Waals surface area contributed by atoms with Gasteiger partial charge in [-0.05, 0) is 23.9 Å². The first kappa shape index (κ1) is 9.22. The zero-order valence-corrected chi connectivity index (χ0v) is 7.85. The number of rotatable bonds is 2. The van der Waals surface area contributed by atoms with Gasteiger partial charge in [0.25, 0.3) is 0 Å². The molecule has 0 bridgehead atoms. The minimum Gasteiger partial charge on any atom is -0.465 e. The summed E-state index contributed by atoms with van der Waals surface area (Å²) in [6, 6.07) is 1.73. The summed E-state index contributed by atoms with van der Waals surface area (Å²) in [6.45, 7) is 1.84. The number of carbonyl (C=O) groups excluding carboxylic acids is 1. The molecule has 3 nitrogen and oxygen atoms in total. The van der Waals surface area contributed by atoms with E-state index in [1.54, 1.807) is 0 Å². The standard InChI is InChI=1S/C8H11NO2S/c1-5(9)6-3-4-12-7(6)8(10)11-2/h3-5H,9H2,1-2H3. The maximum absolute atomic E-state index is 11.1. The van der Waals surface area contributed by atoms with Gasteiger partial charge in [0.15, 0.2) is 0 Å². The smallest absolute Gasteiger partial charge is 0.348 e. The van der Waals surface area contributed by atoms with E-state index in [4.69, 9.17) is 5.73 Å². The van der Waals surface area contributed by atoms with Crippen LogP contribution < -0.4 is 5.73 Å². The van der Waals surface area contributed by atoms with Gasteiger partial charge in [-0.2, -0.15) is 0 Å². The molecule has 1 heterocycles. The van der Waals surface area contributed by atoms with Crippen molar-refractivity contribution in [3.05, 3.63) is 21.9 Å². The van der Waals surface area contributed by atoms with Crippen LogP contribution in [0.1, 0.15) is 28.2 Å². The van der Waals surface area contributed by atoms with Crippen molar-refractivity contribution in [2.45, 2.75) is 13.0 Å². The van der Waals surface area contributed by atoms with Gasteiger partial charge in [0.2, 0.25) is 0 Å². The highest BCUT2D eigenvalue weighted by molar-refractivity contribution is 7.12. The van der Waals surface area contributed by atoms with Crippen molar-refractivity contribution in [1.29, 1.82) is 0 Å². The maximum atomic E-state index is 11.1. The van der Waals surface area contributed by atoms with Gasteiger partial charge in [0.1, 0.15) is 4.88 Å². The van der Waals surface area contributed by atoms with Gasteiger partial charge < -0.3 is 10.5 Å². The van der Waals surface area contributed by atoms with Crippen LogP contribution in [0.15, 0.2) is 11.4 Å². The zero-order chi connectivity index (χ0) is 9.14. The fraction of sp³-hybridized carbons (Fsp3) is 0.375. The monoisotopic (exact) mass is 185 g/mol. The van der Waals surface area contributed by atoms with E-state index in [1.165, 1.54) is 18.4 Å². The Hall–Kier alpha value is -0.870. The van der Waals surface area contributed by atoms with Crippen LogP contribution in [0, 0.1) is 0 Å². The molecule has 4 heteroatoms. The fourth-order valence-electron chi connectivity index (χ4n) is 0.936. The Kier molecular flexibility index (Phi) is 2.83. The van der Waals surface area contributed by atoms with Crippen LogP contribution in [0.2, 0.25) is 0 Å². The van der Waals surface area contributed by atoms with Crippen LogP contribution in [-0.4, -0.2) is 13.1 Å². The topological polar surface area (TPSA) is 52.3 Å². The van der Waals surface area contributed by atoms with E-state index in [0.29, 0.717) is 4.88 Å². The molecule has 1 unspecified atom stereocenters. The number of hydrogen-bond acceptors (Lipinski definition) is 4. The molecule has 0 fully saturated rings. The van der Waals surface area contributed by atoms with Crippen LogP contribution in [0.3, 0.4) is 0 Å². The molecule has 66 valence electrons. The summed E-state index contributed by atoms with van der Waals surface area (Å²) in [5, 5.41) is 1.84. The van der Waals surface area contributed by atoms with Crippen LogP contribution in [0.4, 0.5) is 0 Å². The average Bonchev–Trinajstić information content (AvgIpc) is 2.50. The molecule has 1 aromatic heterocycles. The fourth-order valence-corrected chi connectivity index (χ4v) is 1.86. The van der Waals surface area contributed by atoms with Gasteiger partial charge in [-0.3, -0.25) is 0 Å². The van der Waals surface area contributed by atoms with Gasteiger partial charge in [-0.15, -0.1) is 11.3 Å². The van der Waals surface area contributed by atoms with Crippen LogP contribution >= 0.6 is 11.3 Å². The second-order valence-corrected chi connectivity index (χ2v) is 3.40. The molecule has 12 heavy (non-hydrogen) atoms. The second kappa shape index (κ2) is 3.69. The Morgan fingerprint density at radius 1 is 1.75 bits per heavy atom. The van der Waals surface area contributed by atoms with Crippen molar-refractivity contribution in [3.8, 4) is 0 Å². The highest BCUT2D eigenvalue weighted by Crippen LogP contribution is 2.22. The van der Waals surface area contributed by atoms with E-state index in [2.05, 4.69) is 4.74 Å². The molecule has 0 saturated carbocycles. The minimum absolute atomic E-state index is 0.120. The summed E-state index contributed by atoms with van der Waals surface area (Å²) in [5.74, 6) is -0.308. The van der Waals surface area contributed by atoms with E-state index < -0.39 is 0 Å². The second-order valence-electron chi connectivity index (χ2n) is 2.49. The third-order valence-electron chi connectivity index (χ3n) is 1.56. The van der Waals surface area contributed by atoms with Crippen molar-refractivity contribution in [2.75, 3.05) is 7.11 Å². The van der Waals surface area contributed by atoms with E-state index in [9.17, 15) is 4.79 Å². The molecule has 0 aliphatic heterocycles. The van der Waals surface area contributed by atoms with Gasteiger partial charge in [0, 0.05) is 6.04 Å². The van der Waals surface area contributed by atoms with E-state index in [0.717, 1.165) is 5.56 Å². The molecule has 0 saturated heterocycles. The van der Waals surface area contributed by atoms with E-state index >= 15 is 0 Å². The molecule has 0 aliphatic rings.